The Kier molecular flexibility index (Phi) is 5.48. The number of hydrogen-bond donors (Lipinski definition) is 1. The van der Waals surface area contributed by atoms with Crippen molar-refractivity contribution in [1.82, 2.24) is 0 Å². The minimum absolute atomic E-state index is 0.209. The third kappa shape index (κ3) is 4.33. The molecule has 0 spiro atoms. The molecule has 0 saturated heterocycles. The topological polar surface area (TPSA) is 55.8 Å². The molecule has 0 aromatic heterocycles. The summed E-state index contributed by atoms with van der Waals surface area (Å²) in [5, 5.41) is 11.9. The number of carboxylic acid groups (broad SMARTS) is 1. The zero-order valence-corrected chi connectivity index (χ0v) is 16.4. The van der Waals surface area contributed by atoms with E-state index in [0.717, 1.165) is 22.1 Å². The maximum absolute atomic E-state index is 11.7. The molecule has 1 N–H and O–H groups in total. The summed E-state index contributed by atoms with van der Waals surface area (Å²) in [6.45, 7) is 0. The first-order chi connectivity index (χ1) is 14.6. The number of rotatable bonds is 6. The SMILES string of the molecule is COc1ccc(/C(=C\c2ccc(Oc3ccc4ccccc4c3)cc2)C(=O)O)cc1. The fourth-order valence-electron chi connectivity index (χ4n) is 3.20. The molecule has 0 aliphatic carbocycles. The Bertz CT molecular complexity index is 1210. The molecule has 30 heavy (non-hydrogen) atoms. The van der Waals surface area contributed by atoms with E-state index < -0.39 is 5.97 Å². The molecule has 148 valence electrons. The highest BCUT2D eigenvalue weighted by atomic mass is 16.5. The molecule has 4 aromatic carbocycles. The van der Waals surface area contributed by atoms with Crippen molar-refractivity contribution >= 4 is 28.4 Å². The van der Waals surface area contributed by atoms with E-state index in [9.17, 15) is 9.90 Å². The third-order valence-corrected chi connectivity index (χ3v) is 4.78. The van der Waals surface area contributed by atoms with Crippen molar-refractivity contribution in [3.05, 3.63) is 102 Å². The van der Waals surface area contributed by atoms with E-state index in [4.69, 9.17) is 9.47 Å². The van der Waals surface area contributed by atoms with Crippen molar-refractivity contribution in [2.75, 3.05) is 7.11 Å². The predicted octanol–water partition coefficient (Wildman–Crippen LogP) is 6.27. The minimum Gasteiger partial charge on any atom is -0.497 e. The van der Waals surface area contributed by atoms with Crippen molar-refractivity contribution in [2.24, 2.45) is 0 Å². The molecule has 0 aliphatic heterocycles. The van der Waals surface area contributed by atoms with Gasteiger partial charge in [-0.25, -0.2) is 4.79 Å². The summed E-state index contributed by atoms with van der Waals surface area (Å²) in [4.78, 5) is 11.7. The molecule has 4 aromatic rings. The Labute approximate surface area is 174 Å². The van der Waals surface area contributed by atoms with Gasteiger partial charge in [0.25, 0.3) is 0 Å². The van der Waals surface area contributed by atoms with Crippen molar-refractivity contribution in [3.63, 3.8) is 0 Å². The van der Waals surface area contributed by atoms with E-state index in [1.807, 2.05) is 60.7 Å². The van der Waals surface area contributed by atoms with Gasteiger partial charge in [-0.05, 0) is 64.4 Å². The van der Waals surface area contributed by atoms with Gasteiger partial charge in [-0.1, -0.05) is 54.6 Å². The van der Waals surface area contributed by atoms with Gasteiger partial charge in [-0.2, -0.15) is 0 Å². The summed E-state index contributed by atoms with van der Waals surface area (Å²) in [6.07, 6.45) is 1.64. The maximum Gasteiger partial charge on any atom is 0.336 e. The lowest BCUT2D eigenvalue weighted by Crippen LogP contribution is -1.99. The molecule has 0 bridgehead atoms. The van der Waals surface area contributed by atoms with Gasteiger partial charge >= 0.3 is 5.97 Å². The second kappa shape index (κ2) is 8.53. The summed E-state index contributed by atoms with van der Waals surface area (Å²) in [5.41, 5.74) is 1.59. The molecule has 0 heterocycles. The van der Waals surface area contributed by atoms with Crippen LogP contribution in [0, 0.1) is 0 Å². The van der Waals surface area contributed by atoms with Crippen molar-refractivity contribution in [2.45, 2.75) is 0 Å². The largest absolute Gasteiger partial charge is 0.497 e. The maximum atomic E-state index is 11.7. The normalized spacial score (nSPS) is 11.3. The molecular weight excluding hydrogens is 376 g/mol. The lowest BCUT2D eigenvalue weighted by atomic mass is 10.0. The van der Waals surface area contributed by atoms with Crippen LogP contribution in [0.25, 0.3) is 22.4 Å². The van der Waals surface area contributed by atoms with Crippen LogP contribution in [0.15, 0.2) is 91.0 Å². The van der Waals surface area contributed by atoms with Crippen LogP contribution in [0.5, 0.6) is 17.2 Å². The molecule has 0 saturated carbocycles. The zero-order chi connectivity index (χ0) is 20.9. The van der Waals surface area contributed by atoms with Gasteiger partial charge in [0.2, 0.25) is 0 Å². The van der Waals surface area contributed by atoms with Crippen LogP contribution in [-0.2, 0) is 4.79 Å². The van der Waals surface area contributed by atoms with Crippen LogP contribution >= 0.6 is 0 Å². The first-order valence-corrected chi connectivity index (χ1v) is 9.48. The van der Waals surface area contributed by atoms with Crippen LogP contribution in [0.1, 0.15) is 11.1 Å². The van der Waals surface area contributed by atoms with Crippen LogP contribution in [0.4, 0.5) is 0 Å². The minimum atomic E-state index is -0.989. The molecule has 0 fully saturated rings. The molecule has 0 radical (unpaired) electrons. The molecule has 0 atom stereocenters. The molecule has 0 aliphatic rings. The summed E-state index contributed by atoms with van der Waals surface area (Å²) in [5.74, 6) is 1.13. The first kappa shape index (κ1) is 19.3. The van der Waals surface area contributed by atoms with Crippen LogP contribution < -0.4 is 9.47 Å². The molecule has 4 heteroatoms. The summed E-state index contributed by atoms with van der Waals surface area (Å²) >= 11 is 0. The summed E-state index contributed by atoms with van der Waals surface area (Å²) < 4.78 is 11.1. The molecule has 4 rings (SSSR count). The second-order valence-electron chi connectivity index (χ2n) is 6.77. The highest BCUT2D eigenvalue weighted by molar-refractivity contribution is 6.20. The number of ether oxygens (including phenoxy) is 2. The lowest BCUT2D eigenvalue weighted by Gasteiger charge is -2.08. The van der Waals surface area contributed by atoms with Crippen molar-refractivity contribution in [1.29, 1.82) is 0 Å². The smallest absolute Gasteiger partial charge is 0.336 e. The van der Waals surface area contributed by atoms with Crippen molar-refractivity contribution < 1.29 is 19.4 Å². The fourth-order valence-corrected chi connectivity index (χ4v) is 3.20. The van der Waals surface area contributed by atoms with Crippen LogP contribution in [0.2, 0.25) is 0 Å². The molecule has 0 amide bonds. The number of fused-ring (bicyclic) bond motifs is 1. The van der Waals surface area contributed by atoms with Gasteiger partial charge in [-0.3, -0.25) is 0 Å². The Hall–Kier alpha value is -4.05. The molecular formula is C26H20O4. The van der Waals surface area contributed by atoms with E-state index in [1.54, 1.807) is 37.5 Å². The van der Waals surface area contributed by atoms with E-state index in [1.165, 1.54) is 0 Å². The van der Waals surface area contributed by atoms with Gasteiger partial charge in [0.15, 0.2) is 0 Å². The van der Waals surface area contributed by atoms with E-state index in [2.05, 4.69) is 6.07 Å². The van der Waals surface area contributed by atoms with Gasteiger partial charge in [0, 0.05) is 0 Å². The van der Waals surface area contributed by atoms with Gasteiger partial charge in [-0.15, -0.1) is 0 Å². The van der Waals surface area contributed by atoms with Crippen molar-refractivity contribution in [3.8, 4) is 17.2 Å². The average Bonchev–Trinajstić information content (AvgIpc) is 2.78. The van der Waals surface area contributed by atoms with E-state index in [-0.39, 0.29) is 5.57 Å². The number of carbonyl (C=O) groups is 1. The van der Waals surface area contributed by atoms with Crippen LogP contribution in [-0.4, -0.2) is 18.2 Å². The molecule has 0 unspecified atom stereocenters. The Morgan fingerprint density at radius 1 is 0.767 bits per heavy atom. The lowest BCUT2D eigenvalue weighted by molar-refractivity contribution is -0.130. The Balaban J connectivity index is 1.55. The van der Waals surface area contributed by atoms with E-state index in [0.29, 0.717) is 17.1 Å². The standard InChI is InChI=1S/C26H20O4/c1-29-22-13-9-20(10-14-22)25(26(27)28)16-18-6-11-23(12-7-18)30-24-15-8-19-4-2-3-5-21(19)17-24/h2-17H,1H3,(H,27,28)/b25-16+. The van der Waals surface area contributed by atoms with Crippen LogP contribution in [0.3, 0.4) is 0 Å². The van der Waals surface area contributed by atoms with Gasteiger partial charge in [0.05, 0.1) is 12.7 Å². The third-order valence-electron chi connectivity index (χ3n) is 4.78. The Morgan fingerprint density at radius 3 is 2.07 bits per heavy atom. The number of benzene rings is 4. The average molecular weight is 396 g/mol. The zero-order valence-electron chi connectivity index (χ0n) is 16.4. The quantitative estimate of drug-likeness (QED) is 0.308. The Morgan fingerprint density at radius 2 is 1.40 bits per heavy atom. The number of hydrogen-bond acceptors (Lipinski definition) is 3. The first-order valence-electron chi connectivity index (χ1n) is 9.48. The van der Waals surface area contributed by atoms with Gasteiger partial charge < -0.3 is 14.6 Å². The predicted molar refractivity (Wildman–Crippen MR) is 119 cm³/mol. The summed E-state index contributed by atoms with van der Waals surface area (Å²) in [7, 11) is 1.57. The highest BCUT2D eigenvalue weighted by Crippen LogP contribution is 2.27. The molecule has 4 nitrogen and oxygen atoms in total. The fraction of sp³-hybridized carbons (Fsp3) is 0.0385. The second-order valence-corrected chi connectivity index (χ2v) is 6.77. The highest BCUT2D eigenvalue weighted by Gasteiger charge is 2.11. The van der Waals surface area contributed by atoms with E-state index >= 15 is 0 Å². The number of methoxy groups -OCH3 is 1. The number of carboxylic acids is 1. The number of aliphatic carboxylic acids is 1. The van der Waals surface area contributed by atoms with Gasteiger partial charge in [0.1, 0.15) is 17.2 Å². The summed E-state index contributed by atoms with van der Waals surface area (Å²) in [6, 6.07) is 28.3. The monoisotopic (exact) mass is 396 g/mol.